The minimum absolute atomic E-state index is 0.0490. The molecule has 1 atom stereocenters. The Hall–Kier alpha value is -2.05. The van der Waals surface area contributed by atoms with E-state index in [4.69, 9.17) is 15.5 Å². The van der Waals surface area contributed by atoms with E-state index in [1.807, 2.05) is 0 Å². The van der Waals surface area contributed by atoms with Crippen LogP contribution in [0.25, 0.3) is 0 Å². The molecule has 16 heavy (non-hydrogen) atoms. The zero-order valence-electron chi connectivity index (χ0n) is 9.10. The van der Waals surface area contributed by atoms with Crippen LogP contribution < -0.4 is 11.1 Å². The van der Waals surface area contributed by atoms with Crippen molar-refractivity contribution < 1.29 is 14.5 Å². The summed E-state index contributed by atoms with van der Waals surface area (Å²) in [6, 6.07) is 0.983. The number of nitrogens with one attached hydrogen (secondary N) is 1. The summed E-state index contributed by atoms with van der Waals surface area (Å²) in [5, 5.41) is 17.5. The number of carbonyl (C=O) groups is 1. The lowest BCUT2D eigenvalue weighted by Gasteiger charge is -2.13. The summed E-state index contributed by atoms with van der Waals surface area (Å²) in [7, 11) is 0. The van der Waals surface area contributed by atoms with Crippen molar-refractivity contribution in [3.8, 4) is 0 Å². The molecule has 4 N–H and O–H groups in total. The Morgan fingerprint density at radius 3 is 2.94 bits per heavy atom. The monoisotopic (exact) mass is 226 g/mol. The molecule has 1 aromatic heterocycles. The van der Waals surface area contributed by atoms with E-state index in [0.717, 1.165) is 0 Å². The predicted octanol–water partition coefficient (Wildman–Crippen LogP) is 0.238. The fourth-order valence-corrected chi connectivity index (χ4v) is 1.15. The molecule has 88 valence electrons. The smallest absolute Gasteiger partial charge is 0.290 e. The summed E-state index contributed by atoms with van der Waals surface area (Å²) in [6.45, 7) is 3.51. The number of carbonyl (C=O) groups excluding carboxylic acids is 1. The average Bonchev–Trinajstić information content (AvgIpc) is 2.71. The third-order valence-electron chi connectivity index (χ3n) is 2.04. The number of nitrogens with two attached hydrogens (primary N) is 1. The molecule has 1 amide bonds. The van der Waals surface area contributed by atoms with Crippen molar-refractivity contribution in [2.45, 2.75) is 26.3 Å². The van der Waals surface area contributed by atoms with Gasteiger partial charge in [0, 0.05) is 6.07 Å². The number of hydrogen-bond donors (Lipinski definition) is 3. The van der Waals surface area contributed by atoms with Gasteiger partial charge in [0.1, 0.15) is 0 Å². The number of nitrogens with zero attached hydrogens (tertiary/aromatic N) is 2. The van der Waals surface area contributed by atoms with E-state index < -0.39 is 11.9 Å². The molecule has 0 aliphatic heterocycles. The fourth-order valence-electron chi connectivity index (χ4n) is 1.15. The van der Waals surface area contributed by atoms with Gasteiger partial charge in [-0.2, -0.15) is 0 Å². The maximum Gasteiger partial charge on any atom is 0.290 e. The highest BCUT2D eigenvalue weighted by molar-refractivity contribution is 5.96. The number of aromatic nitrogens is 1. The van der Waals surface area contributed by atoms with E-state index in [9.17, 15) is 4.79 Å². The van der Waals surface area contributed by atoms with Crippen molar-refractivity contribution in [2.75, 3.05) is 0 Å². The molecule has 0 saturated carbocycles. The number of amides is 1. The van der Waals surface area contributed by atoms with Gasteiger partial charge in [-0.15, -0.1) is 0 Å². The van der Waals surface area contributed by atoms with Crippen LogP contribution in [0.5, 0.6) is 0 Å². The van der Waals surface area contributed by atoms with Gasteiger partial charge in [-0.25, -0.2) is 0 Å². The highest BCUT2D eigenvalue weighted by atomic mass is 16.5. The van der Waals surface area contributed by atoms with Crippen LogP contribution in [0.3, 0.4) is 0 Å². The third kappa shape index (κ3) is 2.72. The number of hydrogen-bond acceptors (Lipinski definition) is 5. The van der Waals surface area contributed by atoms with Crippen molar-refractivity contribution in [3.05, 3.63) is 17.5 Å². The Bertz CT molecular complexity index is 399. The lowest BCUT2D eigenvalue weighted by molar-refractivity contribution is 0.0908. The van der Waals surface area contributed by atoms with Crippen molar-refractivity contribution in [3.63, 3.8) is 0 Å². The molecule has 7 nitrogen and oxygen atoms in total. The van der Waals surface area contributed by atoms with Gasteiger partial charge in [0.25, 0.3) is 5.91 Å². The van der Waals surface area contributed by atoms with Crippen molar-refractivity contribution in [1.29, 1.82) is 0 Å². The first kappa shape index (κ1) is 12.0. The minimum atomic E-state index is -0.525. The molecular formula is C9H14N4O3. The van der Waals surface area contributed by atoms with Crippen LogP contribution in [-0.4, -0.2) is 28.1 Å². The summed E-state index contributed by atoms with van der Waals surface area (Å²) in [5.41, 5.74) is 6.01. The molecule has 0 spiro atoms. The van der Waals surface area contributed by atoms with Crippen LogP contribution in [0.1, 0.15) is 29.6 Å². The first-order valence-corrected chi connectivity index (χ1v) is 4.80. The SMILES string of the molecule is CCC(NC(=O)c1cc(C)no1)C(N)=NO. The Balaban J connectivity index is 2.70. The van der Waals surface area contributed by atoms with Gasteiger partial charge in [-0.1, -0.05) is 17.2 Å². The Labute approximate surface area is 92.3 Å². The summed E-state index contributed by atoms with van der Waals surface area (Å²) in [5.74, 6) is -0.396. The van der Waals surface area contributed by atoms with Gasteiger partial charge in [-0.05, 0) is 13.3 Å². The number of oxime groups is 1. The quantitative estimate of drug-likeness (QED) is 0.294. The maximum atomic E-state index is 11.6. The van der Waals surface area contributed by atoms with Gasteiger partial charge in [0.15, 0.2) is 5.84 Å². The summed E-state index contributed by atoms with van der Waals surface area (Å²) >= 11 is 0. The Morgan fingerprint density at radius 1 is 1.81 bits per heavy atom. The standard InChI is InChI=1S/C9H14N4O3/c1-3-6(8(10)12-15)11-9(14)7-4-5(2)13-16-7/h4,6,15H,3H2,1-2H3,(H2,10,12)(H,11,14). The molecule has 0 aliphatic carbocycles. The normalized spacial score (nSPS) is 13.5. The molecule has 1 unspecified atom stereocenters. The van der Waals surface area contributed by atoms with Crippen LogP contribution >= 0.6 is 0 Å². The second-order valence-corrected chi connectivity index (χ2v) is 3.29. The zero-order chi connectivity index (χ0) is 12.1. The van der Waals surface area contributed by atoms with Gasteiger partial charge in [0.2, 0.25) is 5.76 Å². The predicted molar refractivity (Wildman–Crippen MR) is 56.2 cm³/mol. The van der Waals surface area contributed by atoms with Gasteiger partial charge < -0.3 is 20.8 Å². The third-order valence-corrected chi connectivity index (χ3v) is 2.04. The van der Waals surface area contributed by atoms with Gasteiger partial charge in [0.05, 0.1) is 11.7 Å². The van der Waals surface area contributed by atoms with Crippen LogP contribution in [0.15, 0.2) is 15.7 Å². The molecule has 0 saturated heterocycles. The fraction of sp³-hybridized carbons (Fsp3) is 0.444. The van der Waals surface area contributed by atoms with Gasteiger partial charge >= 0.3 is 0 Å². The van der Waals surface area contributed by atoms with Crippen LogP contribution in [-0.2, 0) is 0 Å². The van der Waals surface area contributed by atoms with Crippen molar-refractivity contribution >= 4 is 11.7 Å². The molecular weight excluding hydrogens is 212 g/mol. The summed E-state index contributed by atoms with van der Waals surface area (Å²) in [4.78, 5) is 11.6. The molecule has 1 rings (SSSR count). The van der Waals surface area contributed by atoms with Crippen molar-refractivity contribution in [1.82, 2.24) is 10.5 Å². The molecule has 0 aromatic carbocycles. The molecule has 7 heteroatoms. The first-order chi connectivity index (χ1) is 7.58. The van der Waals surface area contributed by atoms with E-state index in [1.165, 1.54) is 6.07 Å². The lowest BCUT2D eigenvalue weighted by Crippen LogP contribution is -2.44. The van der Waals surface area contributed by atoms with E-state index in [0.29, 0.717) is 12.1 Å². The summed E-state index contributed by atoms with van der Waals surface area (Å²) < 4.78 is 4.78. The molecule has 0 bridgehead atoms. The van der Waals surface area contributed by atoms with Crippen LogP contribution in [0, 0.1) is 6.92 Å². The molecule has 0 fully saturated rings. The second-order valence-electron chi connectivity index (χ2n) is 3.29. The zero-order valence-corrected chi connectivity index (χ0v) is 9.10. The molecule has 1 heterocycles. The second kappa shape index (κ2) is 5.15. The number of rotatable bonds is 4. The van der Waals surface area contributed by atoms with Gasteiger partial charge in [-0.3, -0.25) is 4.79 Å². The topological polar surface area (TPSA) is 114 Å². The highest BCUT2D eigenvalue weighted by Crippen LogP contribution is 2.03. The largest absolute Gasteiger partial charge is 0.409 e. The minimum Gasteiger partial charge on any atom is -0.409 e. The average molecular weight is 226 g/mol. The molecule has 0 aliphatic rings. The van der Waals surface area contributed by atoms with E-state index >= 15 is 0 Å². The van der Waals surface area contributed by atoms with E-state index in [2.05, 4.69) is 15.6 Å². The van der Waals surface area contributed by atoms with Crippen molar-refractivity contribution in [2.24, 2.45) is 10.9 Å². The first-order valence-electron chi connectivity index (χ1n) is 4.80. The van der Waals surface area contributed by atoms with E-state index in [1.54, 1.807) is 13.8 Å². The van der Waals surface area contributed by atoms with Crippen LogP contribution in [0.4, 0.5) is 0 Å². The Morgan fingerprint density at radius 2 is 2.50 bits per heavy atom. The van der Waals surface area contributed by atoms with Crippen LogP contribution in [0.2, 0.25) is 0 Å². The number of aryl methyl sites for hydroxylation is 1. The lowest BCUT2D eigenvalue weighted by atomic mass is 10.2. The maximum absolute atomic E-state index is 11.6. The molecule has 0 radical (unpaired) electrons. The highest BCUT2D eigenvalue weighted by Gasteiger charge is 2.18. The summed E-state index contributed by atoms with van der Waals surface area (Å²) in [6.07, 6.45) is 0.509. The molecule has 1 aromatic rings. The number of amidine groups is 1. The van der Waals surface area contributed by atoms with E-state index in [-0.39, 0.29) is 11.6 Å². The Kier molecular flexibility index (Phi) is 3.87.